The average Bonchev–Trinajstić information content (AvgIpc) is 2.95. The number of aliphatic hydroxyl groups excluding tert-OH is 1. The van der Waals surface area contributed by atoms with E-state index in [4.69, 9.17) is 0 Å². The third-order valence-corrected chi connectivity index (χ3v) is 5.90. The molecule has 0 radical (unpaired) electrons. The molecular formula is C17H21N3O5S. The van der Waals surface area contributed by atoms with Crippen molar-refractivity contribution in [3.8, 4) is 0 Å². The molecule has 8 nitrogen and oxygen atoms in total. The Morgan fingerprint density at radius 2 is 1.88 bits per heavy atom. The molecule has 0 aliphatic carbocycles. The number of rotatable bonds is 7. The maximum absolute atomic E-state index is 11.6. The third kappa shape index (κ3) is 3.68. The van der Waals surface area contributed by atoms with E-state index in [0.29, 0.717) is 0 Å². The molecule has 26 heavy (non-hydrogen) atoms. The number of aliphatic hydroxyl groups is 1. The maximum atomic E-state index is 11.6. The van der Waals surface area contributed by atoms with Gasteiger partial charge < -0.3 is 10.4 Å². The van der Waals surface area contributed by atoms with E-state index in [-0.39, 0.29) is 28.5 Å². The number of nitro benzene ring substituents is 2. The highest BCUT2D eigenvalue weighted by molar-refractivity contribution is 7.12. The van der Waals surface area contributed by atoms with Crippen molar-refractivity contribution in [1.82, 2.24) is 0 Å². The number of hydrogen-bond acceptors (Lipinski definition) is 7. The van der Waals surface area contributed by atoms with Crippen molar-refractivity contribution in [2.45, 2.75) is 46.8 Å². The fourth-order valence-electron chi connectivity index (χ4n) is 2.88. The van der Waals surface area contributed by atoms with E-state index in [0.717, 1.165) is 16.9 Å². The summed E-state index contributed by atoms with van der Waals surface area (Å²) in [5, 5.41) is 35.4. The second-order valence-corrected chi connectivity index (χ2v) is 7.22. The predicted molar refractivity (Wildman–Crippen MR) is 101 cm³/mol. The summed E-state index contributed by atoms with van der Waals surface area (Å²) in [6.07, 6.45) is 0.883. The summed E-state index contributed by atoms with van der Waals surface area (Å²) in [5.74, 6) is 0. The Morgan fingerprint density at radius 1 is 1.23 bits per heavy atom. The second kappa shape index (κ2) is 7.79. The van der Waals surface area contributed by atoms with Gasteiger partial charge in [0.2, 0.25) is 0 Å². The van der Waals surface area contributed by atoms with E-state index in [1.54, 1.807) is 11.3 Å². The summed E-state index contributed by atoms with van der Waals surface area (Å²) < 4.78 is 0. The van der Waals surface area contributed by atoms with Gasteiger partial charge in [-0.3, -0.25) is 20.2 Å². The lowest BCUT2D eigenvalue weighted by molar-refractivity contribution is -0.392. The Balaban J connectivity index is 2.57. The number of anilines is 1. The molecule has 0 aliphatic rings. The number of nitro groups is 2. The highest BCUT2D eigenvalue weighted by atomic mass is 32.1. The second-order valence-electron chi connectivity index (χ2n) is 6.05. The Morgan fingerprint density at radius 3 is 2.35 bits per heavy atom. The summed E-state index contributed by atoms with van der Waals surface area (Å²) in [4.78, 5) is 23.9. The van der Waals surface area contributed by atoms with Gasteiger partial charge in [0.1, 0.15) is 0 Å². The quantitative estimate of drug-likeness (QED) is 0.543. The van der Waals surface area contributed by atoms with Crippen molar-refractivity contribution < 1.29 is 15.0 Å². The highest BCUT2D eigenvalue weighted by Gasteiger charge is 2.31. The molecule has 0 saturated heterocycles. The Kier molecular flexibility index (Phi) is 5.94. The summed E-state index contributed by atoms with van der Waals surface area (Å²) in [6, 6.07) is 2.85. The van der Waals surface area contributed by atoms with Crippen LogP contribution in [0.3, 0.4) is 0 Å². The molecule has 1 aromatic heterocycles. The zero-order valence-corrected chi connectivity index (χ0v) is 15.8. The molecule has 0 fully saturated rings. The molecule has 1 unspecified atom stereocenters. The number of benzene rings is 1. The molecule has 0 amide bonds. The SMILES string of the molecule is CCc1sc(C(C)Nc2c([N+](=O)[O-])cc(CO)c(C)c2[N+](=O)[O-])cc1C. The molecular weight excluding hydrogens is 358 g/mol. The molecule has 1 atom stereocenters. The molecule has 2 N–H and O–H groups in total. The third-order valence-electron chi connectivity index (χ3n) is 4.34. The Hall–Kier alpha value is -2.52. The normalized spacial score (nSPS) is 12.0. The zero-order valence-electron chi connectivity index (χ0n) is 15.0. The van der Waals surface area contributed by atoms with Crippen LogP contribution in [0, 0.1) is 34.1 Å². The van der Waals surface area contributed by atoms with Crippen LogP contribution in [0.5, 0.6) is 0 Å². The number of aryl methyl sites for hydroxylation is 2. The molecule has 1 heterocycles. The Labute approximate surface area is 154 Å². The van der Waals surface area contributed by atoms with Crippen LogP contribution in [-0.2, 0) is 13.0 Å². The van der Waals surface area contributed by atoms with E-state index in [1.165, 1.54) is 17.9 Å². The van der Waals surface area contributed by atoms with Crippen molar-refractivity contribution in [2.24, 2.45) is 0 Å². The van der Waals surface area contributed by atoms with Gasteiger partial charge in [0.05, 0.1) is 22.5 Å². The van der Waals surface area contributed by atoms with E-state index in [2.05, 4.69) is 5.32 Å². The Bertz CT molecular complexity index is 863. The fraction of sp³-hybridized carbons (Fsp3) is 0.412. The summed E-state index contributed by atoms with van der Waals surface area (Å²) in [5.41, 5.74) is 0.598. The predicted octanol–water partition coefficient (Wildman–Crippen LogP) is 4.41. The highest BCUT2D eigenvalue weighted by Crippen LogP contribution is 2.41. The standard InChI is InChI=1S/C17H21N3O5S/c1-5-14-9(2)6-15(26-14)11(4)18-16-13(19(22)23)7-12(8-21)10(3)17(16)20(24)25/h6-7,11,18,21H,5,8H2,1-4H3. The van der Waals surface area contributed by atoms with E-state index in [9.17, 15) is 25.3 Å². The minimum Gasteiger partial charge on any atom is -0.392 e. The van der Waals surface area contributed by atoms with Crippen LogP contribution < -0.4 is 5.32 Å². The monoisotopic (exact) mass is 379 g/mol. The lowest BCUT2D eigenvalue weighted by Gasteiger charge is -2.16. The van der Waals surface area contributed by atoms with Crippen molar-refractivity contribution >= 4 is 28.4 Å². The molecule has 140 valence electrons. The first kappa shape index (κ1) is 19.8. The van der Waals surface area contributed by atoms with Crippen molar-refractivity contribution in [1.29, 1.82) is 0 Å². The van der Waals surface area contributed by atoms with Gasteiger partial charge in [-0.05, 0) is 44.4 Å². The fourth-order valence-corrected chi connectivity index (χ4v) is 4.00. The topological polar surface area (TPSA) is 119 Å². The minimum absolute atomic E-state index is 0.133. The van der Waals surface area contributed by atoms with E-state index < -0.39 is 22.1 Å². The molecule has 0 saturated carbocycles. The van der Waals surface area contributed by atoms with Gasteiger partial charge in [-0.25, -0.2) is 0 Å². The van der Waals surface area contributed by atoms with E-state index in [1.807, 2.05) is 26.8 Å². The van der Waals surface area contributed by atoms with Crippen LogP contribution in [0.25, 0.3) is 0 Å². The molecule has 2 aromatic rings. The number of thiophene rings is 1. The van der Waals surface area contributed by atoms with Crippen molar-refractivity contribution in [2.75, 3.05) is 5.32 Å². The lowest BCUT2D eigenvalue weighted by atomic mass is 10.0. The maximum Gasteiger partial charge on any atom is 0.302 e. The number of nitrogens with one attached hydrogen (secondary N) is 1. The van der Waals surface area contributed by atoms with Gasteiger partial charge in [0, 0.05) is 21.4 Å². The summed E-state index contributed by atoms with van der Waals surface area (Å²) in [7, 11) is 0. The first-order chi connectivity index (χ1) is 12.2. The van der Waals surface area contributed by atoms with Gasteiger partial charge >= 0.3 is 5.69 Å². The van der Waals surface area contributed by atoms with E-state index >= 15 is 0 Å². The van der Waals surface area contributed by atoms with Gasteiger partial charge in [-0.1, -0.05) is 6.92 Å². The van der Waals surface area contributed by atoms with Crippen molar-refractivity contribution in [3.63, 3.8) is 0 Å². The minimum atomic E-state index is -0.669. The molecule has 0 spiro atoms. The zero-order chi connectivity index (χ0) is 19.6. The molecule has 9 heteroatoms. The first-order valence-electron chi connectivity index (χ1n) is 8.13. The number of nitrogens with zero attached hydrogens (tertiary/aromatic N) is 2. The van der Waals surface area contributed by atoms with Gasteiger partial charge in [-0.2, -0.15) is 0 Å². The van der Waals surface area contributed by atoms with Crippen LogP contribution in [0.1, 0.15) is 46.3 Å². The lowest BCUT2D eigenvalue weighted by Crippen LogP contribution is -2.11. The van der Waals surface area contributed by atoms with Gasteiger partial charge in [0.25, 0.3) is 5.69 Å². The van der Waals surface area contributed by atoms with Gasteiger partial charge in [0.15, 0.2) is 5.69 Å². The molecule has 2 rings (SSSR count). The molecule has 0 bridgehead atoms. The smallest absolute Gasteiger partial charge is 0.302 e. The van der Waals surface area contributed by atoms with Crippen LogP contribution in [-0.4, -0.2) is 15.0 Å². The van der Waals surface area contributed by atoms with Crippen LogP contribution in [0.2, 0.25) is 0 Å². The largest absolute Gasteiger partial charge is 0.392 e. The van der Waals surface area contributed by atoms with Crippen molar-refractivity contribution in [3.05, 3.63) is 58.8 Å². The summed E-state index contributed by atoms with van der Waals surface area (Å²) in [6.45, 7) is 6.83. The first-order valence-corrected chi connectivity index (χ1v) is 8.94. The number of hydrogen-bond donors (Lipinski definition) is 2. The average molecular weight is 379 g/mol. The van der Waals surface area contributed by atoms with Crippen LogP contribution >= 0.6 is 11.3 Å². The summed E-state index contributed by atoms with van der Waals surface area (Å²) >= 11 is 1.58. The van der Waals surface area contributed by atoms with Crippen LogP contribution in [0.4, 0.5) is 17.1 Å². The molecule has 1 aromatic carbocycles. The molecule has 0 aliphatic heterocycles. The van der Waals surface area contributed by atoms with Crippen LogP contribution in [0.15, 0.2) is 12.1 Å². The van der Waals surface area contributed by atoms with Gasteiger partial charge in [-0.15, -0.1) is 11.3 Å².